The van der Waals surface area contributed by atoms with Crippen LogP contribution in [0.5, 0.6) is 0 Å². The summed E-state index contributed by atoms with van der Waals surface area (Å²) in [6.07, 6.45) is 8.07. The molecule has 4 heteroatoms. The first-order chi connectivity index (χ1) is 9.65. The quantitative estimate of drug-likeness (QED) is 0.855. The Morgan fingerprint density at radius 2 is 1.80 bits per heavy atom. The van der Waals surface area contributed by atoms with E-state index in [1.807, 2.05) is 0 Å². The summed E-state index contributed by atoms with van der Waals surface area (Å²) in [5, 5.41) is 0. The first kappa shape index (κ1) is 15.8. The van der Waals surface area contributed by atoms with Crippen LogP contribution in [0.3, 0.4) is 0 Å². The number of carbonyl (C=O) groups excluding carboxylic acids is 1. The minimum Gasteiger partial charge on any atom is -0.341 e. The van der Waals surface area contributed by atoms with Gasteiger partial charge >= 0.3 is 0 Å². The topological polar surface area (TPSA) is 49.6 Å². The van der Waals surface area contributed by atoms with Gasteiger partial charge in [0.2, 0.25) is 5.91 Å². The molecule has 1 aliphatic carbocycles. The molecule has 116 valence electrons. The van der Waals surface area contributed by atoms with Crippen molar-refractivity contribution in [2.45, 2.75) is 51.9 Å². The molecule has 1 saturated carbocycles. The number of hydrogen-bond donors (Lipinski definition) is 1. The van der Waals surface area contributed by atoms with E-state index in [9.17, 15) is 4.79 Å². The summed E-state index contributed by atoms with van der Waals surface area (Å²) < 4.78 is 0. The van der Waals surface area contributed by atoms with E-state index in [1.54, 1.807) is 0 Å². The number of hydrogen-bond acceptors (Lipinski definition) is 3. The SMILES string of the molecule is CC1(C(=O)N2CCCN(CCCN)CC2)CCCCC1. The number of rotatable bonds is 4. The third-order valence-electron chi connectivity index (χ3n) is 5.03. The molecule has 2 N–H and O–H groups in total. The van der Waals surface area contributed by atoms with Gasteiger partial charge in [-0.2, -0.15) is 0 Å². The molecule has 2 fully saturated rings. The van der Waals surface area contributed by atoms with E-state index in [0.717, 1.165) is 65.0 Å². The highest BCUT2D eigenvalue weighted by Crippen LogP contribution is 2.37. The van der Waals surface area contributed by atoms with Crippen molar-refractivity contribution in [3.8, 4) is 0 Å². The summed E-state index contributed by atoms with van der Waals surface area (Å²) in [6, 6.07) is 0. The van der Waals surface area contributed by atoms with Crippen molar-refractivity contribution >= 4 is 5.91 Å². The van der Waals surface area contributed by atoms with Crippen LogP contribution in [0.1, 0.15) is 51.9 Å². The van der Waals surface area contributed by atoms with Gasteiger partial charge in [0.25, 0.3) is 0 Å². The van der Waals surface area contributed by atoms with Crippen LogP contribution < -0.4 is 5.73 Å². The van der Waals surface area contributed by atoms with Gasteiger partial charge in [-0.05, 0) is 45.3 Å². The normalized spacial score (nSPS) is 24.4. The second-order valence-electron chi connectivity index (χ2n) is 6.75. The monoisotopic (exact) mass is 281 g/mol. The van der Waals surface area contributed by atoms with E-state index in [-0.39, 0.29) is 5.41 Å². The fourth-order valence-electron chi connectivity index (χ4n) is 3.64. The first-order valence-electron chi connectivity index (χ1n) is 8.37. The van der Waals surface area contributed by atoms with Crippen LogP contribution in [0.2, 0.25) is 0 Å². The second kappa shape index (κ2) is 7.41. The van der Waals surface area contributed by atoms with Crippen molar-refractivity contribution in [2.24, 2.45) is 11.1 Å². The second-order valence-corrected chi connectivity index (χ2v) is 6.75. The van der Waals surface area contributed by atoms with E-state index in [2.05, 4.69) is 16.7 Å². The lowest BCUT2D eigenvalue weighted by Crippen LogP contribution is -2.45. The summed E-state index contributed by atoms with van der Waals surface area (Å²) in [5.41, 5.74) is 5.51. The molecule has 1 amide bonds. The summed E-state index contributed by atoms with van der Waals surface area (Å²) in [5.74, 6) is 0.415. The predicted octanol–water partition coefficient (Wildman–Crippen LogP) is 1.84. The Morgan fingerprint density at radius 1 is 1.05 bits per heavy atom. The van der Waals surface area contributed by atoms with Gasteiger partial charge in [-0.1, -0.05) is 26.2 Å². The number of amides is 1. The molecule has 0 aromatic carbocycles. The van der Waals surface area contributed by atoms with Gasteiger partial charge in [-0.25, -0.2) is 0 Å². The average Bonchev–Trinajstić information content (AvgIpc) is 2.70. The van der Waals surface area contributed by atoms with E-state index < -0.39 is 0 Å². The molecule has 0 atom stereocenters. The van der Waals surface area contributed by atoms with Gasteiger partial charge in [0.15, 0.2) is 0 Å². The van der Waals surface area contributed by atoms with Crippen LogP contribution in [-0.4, -0.2) is 55.0 Å². The molecule has 0 radical (unpaired) electrons. The third kappa shape index (κ3) is 3.95. The maximum Gasteiger partial charge on any atom is 0.228 e. The molecule has 0 aromatic rings. The standard InChI is InChI=1S/C16H31N3O/c1-16(7-3-2-4-8-16)15(20)19-12-6-11-18(13-14-19)10-5-9-17/h2-14,17H2,1H3. The molecular weight excluding hydrogens is 250 g/mol. The van der Waals surface area contributed by atoms with Gasteiger partial charge in [-0.3, -0.25) is 4.79 Å². The zero-order chi connectivity index (χ0) is 14.4. The Morgan fingerprint density at radius 3 is 2.50 bits per heavy atom. The van der Waals surface area contributed by atoms with Gasteiger partial charge in [0.1, 0.15) is 0 Å². The molecule has 4 nitrogen and oxygen atoms in total. The summed E-state index contributed by atoms with van der Waals surface area (Å²) in [4.78, 5) is 17.4. The Bertz CT molecular complexity index is 313. The van der Waals surface area contributed by atoms with Crippen molar-refractivity contribution in [2.75, 3.05) is 39.3 Å². The van der Waals surface area contributed by atoms with Crippen LogP contribution in [0.15, 0.2) is 0 Å². The highest BCUT2D eigenvalue weighted by Gasteiger charge is 2.37. The molecule has 1 saturated heterocycles. The smallest absolute Gasteiger partial charge is 0.228 e. The molecule has 0 bridgehead atoms. The lowest BCUT2D eigenvalue weighted by molar-refractivity contribution is -0.143. The fraction of sp³-hybridized carbons (Fsp3) is 0.938. The van der Waals surface area contributed by atoms with Crippen LogP contribution in [-0.2, 0) is 4.79 Å². The van der Waals surface area contributed by atoms with Gasteiger partial charge in [-0.15, -0.1) is 0 Å². The Labute approximate surface area is 123 Å². The number of nitrogens with two attached hydrogens (primary N) is 1. The van der Waals surface area contributed by atoms with Crippen molar-refractivity contribution in [1.29, 1.82) is 0 Å². The van der Waals surface area contributed by atoms with E-state index in [0.29, 0.717) is 5.91 Å². The Balaban J connectivity index is 1.87. The minimum absolute atomic E-state index is 0.0787. The van der Waals surface area contributed by atoms with Gasteiger partial charge in [0.05, 0.1) is 0 Å². The van der Waals surface area contributed by atoms with E-state index in [4.69, 9.17) is 5.73 Å². The largest absolute Gasteiger partial charge is 0.341 e. The van der Waals surface area contributed by atoms with E-state index in [1.165, 1.54) is 19.3 Å². The molecule has 1 heterocycles. The minimum atomic E-state index is -0.0787. The molecule has 2 aliphatic rings. The summed E-state index contributed by atoms with van der Waals surface area (Å²) in [6.45, 7) is 7.99. The fourth-order valence-corrected chi connectivity index (χ4v) is 3.64. The van der Waals surface area contributed by atoms with E-state index >= 15 is 0 Å². The van der Waals surface area contributed by atoms with Crippen LogP contribution in [0.4, 0.5) is 0 Å². The predicted molar refractivity (Wildman–Crippen MR) is 82.5 cm³/mol. The first-order valence-corrected chi connectivity index (χ1v) is 8.37. The van der Waals surface area contributed by atoms with Gasteiger partial charge < -0.3 is 15.5 Å². The molecule has 0 aromatic heterocycles. The zero-order valence-electron chi connectivity index (χ0n) is 13.1. The molecule has 0 spiro atoms. The molecule has 20 heavy (non-hydrogen) atoms. The zero-order valence-corrected chi connectivity index (χ0v) is 13.1. The maximum absolute atomic E-state index is 12.8. The third-order valence-corrected chi connectivity index (χ3v) is 5.03. The van der Waals surface area contributed by atoms with Crippen LogP contribution in [0.25, 0.3) is 0 Å². The van der Waals surface area contributed by atoms with Crippen molar-refractivity contribution in [3.05, 3.63) is 0 Å². The summed E-state index contributed by atoms with van der Waals surface area (Å²) >= 11 is 0. The van der Waals surface area contributed by atoms with Crippen molar-refractivity contribution in [1.82, 2.24) is 9.80 Å². The Hall–Kier alpha value is -0.610. The highest BCUT2D eigenvalue weighted by molar-refractivity contribution is 5.82. The average molecular weight is 281 g/mol. The van der Waals surface area contributed by atoms with Crippen LogP contribution in [0, 0.1) is 5.41 Å². The van der Waals surface area contributed by atoms with Crippen LogP contribution >= 0.6 is 0 Å². The highest BCUT2D eigenvalue weighted by atomic mass is 16.2. The molecule has 1 aliphatic heterocycles. The van der Waals surface area contributed by atoms with Crippen molar-refractivity contribution < 1.29 is 4.79 Å². The lowest BCUT2D eigenvalue weighted by atomic mass is 9.74. The molecule has 0 unspecified atom stereocenters. The number of nitrogens with zero attached hydrogens (tertiary/aromatic N) is 2. The Kier molecular flexibility index (Phi) is 5.85. The summed E-state index contributed by atoms with van der Waals surface area (Å²) in [7, 11) is 0. The van der Waals surface area contributed by atoms with Crippen molar-refractivity contribution in [3.63, 3.8) is 0 Å². The lowest BCUT2D eigenvalue weighted by Gasteiger charge is -2.36. The molecule has 2 rings (SSSR count). The number of carbonyl (C=O) groups is 1. The molecular formula is C16H31N3O. The maximum atomic E-state index is 12.8. The van der Waals surface area contributed by atoms with Gasteiger partial charge in [0, 0.05) is 25.0 Å².